The lowest BCUT2D eigenvalue weighted by atomic mass is 10.2. The lowest BCUT2D eigenvalue weighted by molar-refractivity contribution is 0.0745. The number of carbonyl (C=O) groups excluding carboxylic acids is 1. The zero-order valence-corrected chi connectivity index (χ0v) is 11.9. The van der Waals surface area contributed by atoms with E-state index in [1.165, 1.54) is 0 Å². The maximum absolute atomic E-state index is 12.5. The fourth-order valence-corrected chi connectivity index (χ4v) is 2.12. The highest BCUT2D eigenvalue weighted by Gasteiger charge is 2.23. The summed E-state index contributed by atoms with van der Waals surface area (Å²) in [7, 11) is 1.78. The molecule has 102 valence electrons. The van der Waals surface area contributed by atoms with Gasteiger partial charge in [-0.1, -0.05) is 20.8 Å². The smallest absolute Gasteiger partial charge is 0.274 e. The third kappa shape index (κ3) is 2.83. The van der Waals surface area contributed by atoms with Crippen molar-refractivity contribution >= 4 is 11.6 Å². The fourth-order valence-electron chi connectivity index (χ4n) is 2.12. The molecular weight excluding hydrogens is 228 g/mol. The average Bonchev–Trinajstić information content (AvgIpc) is 2.63. The zero-order chi connectivity index (χ0) is 13.7. The Bertz CT molecular complexity index is 405. The number of hydrogen-bond donors (Lipinski definition) is 1. The molecule has 0 aliphatic carbocycles. The van der Waals surface area contributed by atoms with Gasteiger partial charge in [0.1, 0.15) is 5.69 Å². The molecule has 0 bridgehead atoms. The standard InChI is InChI=1S/C13H24N4O/c1-5-8-17(9-6-2)13(18)12-11(14)10(7-3)15-16(12)4/h5-9,14H2,1-4H3. The van der Waals surface area contributed by atoms with Gasteiger partial charge >= 0.3 is 0 Å². The molecule has 0 atom stereocenters. The maximum atomic E-state index is 12.5. The topological polar surface area (TPSA) is 64.2 Å². The first-order valence-electron chi connectivity index (χ1n) is 6.67. The van der Waals surface area contributed by atoms with E-state index in [4.69, 9.17) is 5.73 Å². The van der Waals surface area contributed by atoms with Crippen LogP contribution in [0.25, 0.3) is 0 Å². The summed E-state index contributed by atoms with van der Waals surface area (Å²) < 4.78 is 1.61. The third-order valence-corrected chi connectivity index (χ3v) is 2.97. The van der Waals surface area contributed by atoms with E-state index in [2.05, 4.69) is 18.9 Å². The minimum Gasteiger partial charge on any atom is -0.395 e. The van der Waals surface area contributed by atoms with Gasteiger partial charge in [0, 0.05) is 20.1 Å². The highest BCUT2D eigenvalue weighted by Crippen LogP contribution is 2.19. The molecule has 1 aromatic rings. The van der Waals surface area contributed by atoms with Gasteiger partial charge in [0.2, 0.25) is 0 Å². The molecule has 0 aromatic carbocycles. The summed E-state index contributed by atoms with van der Waals surface area (Å²) in [5.74, 6) is -0.00843. The highest BCUT2D eigenvalue weighted by atomic mass is 16.2. The normalized spacial score (nSPS) is 10.7. The Morgan fingerprint density at radius 2 is 1.83 bits per heavy atom. The molecule has 0 unspecified atom stereocenters. The lowest BCUT2D eigenvalue weighted by Crippen LogP contribution is -2.34. The highest BCUT2D eigenvalue weighted by molar-refractivity contribution is 5.98. The molecule has 0 aliphatic heterocycles. The summed E-state index contributed by atoms with van der Waals surface area (Å²) in [4.78, 5) is 14.3. The van der Waals surface area contributed by atoms with Crippen molar-refractivity contribution in [3.8, 4) is 0 Å². The molecule has 1 amide bonds. The van der Waals surface area contributed by atoms with Crippen LogP contribution in [0.15, 0.2) is 0 Å². The van der Waals surface area contributed by atoms with Crippen LogP contribution in [0, 0.1) is 0 Å². The van der Waals surface area contributed by atoms with Crippen LogP contribution in [0.3, 0.4) is 0 Å². The van der Waals surface area contributed by atoms with Gasteiger partial charge in [-0.05, 0) is 19.3 Å². The van der Waals surface area contributed by atoms with Crippen LogP contribution in [0.4, 0.5) is 5.69 Å². The van der Waals surface area contributed by atoms with Crippen LogP contribution < -0.4 is 5.73 Å². The first-order valence-corrected chi connectivity index (χ1v) is 6.67. The average molecular weight is 252 g/mol. The van der Waals surface area contributed by atoms with E-state index in [-0.39, 0.29) is 5.91 Å². The SMILES string of the molecule is CCCN(CCC)C(=O)c1c(N)c(CC)nn1C. The minimum absolute atomic E-state index is 0.00843. The van der Waals surface area contributed by atoms with Crippen molar-refractivity contribution in [1.82, 2.24) is 14.7 Å². The molecule has 18 heavy (non-hydrogen) atoms. The van der Waals surface area contributed by atoms with Crippen LogP contribution in [-0.2, 0) is 13.5 Å². The van der Waals surface area contributed by atoms with Crippen molar-refractivity contribution in [3.05, 3.63) is 11.4 Å². The molecule has 0 fully saturated rings. The number of hydrogen-bond acceptors (Lipinski definition) is 3. The summed E-state index contributed by atoms with van der Waals surface area (Å²) >= 11 is 0. The second-order valence-electron chi connectivity index (χ2n) is 4.48. The number of nitrogen functional groups attached to an aromatic ring is 1. The number of anilines is 1. The lowest BCUT2D eigenvalue weighted by Gasteiger charge is -2.21. The third-order valence-electron chi connectivity index (χ3n) is 2.97. The Balaban J connectivity index is 3.04. The van der Waals surface area contributed by atoms with Crippen LogP contribution in [0.1, 0.15) is 49.8 Å². The van der Waals surface area contributed by atoms with Gasteiger partial charge in [0.05, 0.1) is 11.4 Å². The summed E-state index contributed by atoms with van der Waals surface area (Å²) in [6, 6.07) is 0. The predicted molar refractivity (Wildman–Crippen MR) is 73.5 cm³/mol. The number of carbonyl (C=O) groups is 1. The Labute approximate surface area is 109 Å². The van der Waals surface area contributed by atoms with E-state index in [1.54, 1.807) is 11.7 Å². The van der Waals surface area contributed by atoms with E-state index >= 15 is 0 Å². The maximum Gasteiger partial charge on any atom is 0.274 e. The number of aryl methyl sites for hydroxylation is 2. The quantitative estimate of drug-likeness (QED) is 0.840. The van der Waals surface area contributed by atoms with Crippen molar-refractivity contribution in [2.45, 2.75) is 40.0 Å². The van der Waals surface area contributed by atoms with Gasteiger partial charge in [0.25, 0.3) is 5.91 Å². The Kier molecular flexibility index (Phi) is 5.19. The van der Waals surface area contributed by atoms with Crippen molar-refractivity contribution in [1.29, 1.82) is 0 Å². The molecule has 1 heterocycles. The molecule has 0 aliphatic rings. The van der Waals surface area contributed by atoms with Crippen molar-refractivity contribution < 1.29 is 4.79 Å². The zero-order valence-electron chi connectivity index (χ0n) is 11.9. The first-order chi connectivity index (χ1) is 8.56. The second kappa shape index (κ2) is 6.42. The van der Waals surface area contributed by atoms with Crippen molar-refractivity contribution in [3.63, 3.8) is 0 Å². The van der Waals surface area contributed by atoms with E-state index in [9.17, 15) is 4.79 Å². The monoisotopic (exact) mass is 252 g/mol. The molecule has 5 heteroatoms. The Morgan fingerprint density at radius 1 is 1.28 bits per heavy atom. The van der Waals surface area contributed by atoms with Crippen molar-refractivity contribution in [2.24, 2.45) is 7.05 Å². The summed E-state index contributed by atoms with van der Waals surface area (Å²) in [6.07, 6.45) is 2.64. The molecule has 0 spiro atoms. The number of nitrogens with two attached hydrogens (primary N) is 1. The van der Waals surface area contributed by atoms with E-state index < -0.39 is 0 Å². The van der Waals surface area contributed by atoms with Gasteiger partial charge in [-0.25, -0.2) is 0 Å². The summed E-state index contributed by atoms with van der Waals surface area (Å²) in [6.45, 7) is 7.65. The molecule has 2 N–H and O–H groups in total. The van der Waals surface area contributed by atoms with Gasteiger partial charge in [-0.2, -0.15) is 5.10 Å². The van der Waals surface area contributed by atoms with Gasteiger partial charge < -0.3 is 10.6 Å². The van der Waals surface area contributed by atoms with E-state index in [1.807, 2.05) is 11.8 Å². The van der Waals surface area contributed by atoms with Crippen molar-refractivity contribution in [2.75, 3.05) is 18.8 Å². The first kappa shape index (κ1) is 14.5. The van der Waals surface area contributed by atoms with Gasteiger partial charge in [-0.3, -0.25) is 9.48 Å². The van der Waals surface area contributed by atoms with Gasteiger partial charge in [-0.15, -0.1) is 0 Å². The molecule has 0 saturated heterocycles. The second-order valence-corrected chi connectivity index (χ2v) is 4.48. The Hall–Kier alpha value is -1.52. The molecule has 1 aromatic heterocycles. The molecule has 0 saturated carbocycles. The fraction of sp³-hybridized carbons (Fsp3) is 0.692. The number of rotatable bonds is 6. The van der Waals surface area contributed by atoms with E-state index in [0.717, 1.165) is 38.0 Å². The summed E-state index contributed by atoms with van der Waals surface area (Å²) in [5, 5.41) is 4.30. The van der Waals surface area contributed by atoms with Crippen LogP contribution in [0.5, 0.6) is 0 Å². The van der Waals surface area contributed by atoms with E-state index in [0.29, 0.717) is 11.4 Å². The molecule has 5 nitrogen and oxygen atoms in total. The van der Waals surface area contributed by atoms with Crippen LogP contribution >= 0.6 is 0 Å². The number of amides is 1. The molecular formula is C13H24N4O. The largest absolute Gasteiger partial charge is 0.395 e. The summed E-state index contributed by atoms with van der Waals surface area (Å²) in [5.41, 5.74) is 7.87. The molecule has 1 rings (SSSR count). The number of nitrogens with zero attached hydrogens (tertiary/aromatic N) is 3. The van der Waals surface area contributed by atoms with Gasteiger partial charge in [0.15, 0.2) is 0 Å². The molecule has 0 radical (unpaired) electrons. The predicted octanol–water partition coefficient (Wildman–Crippen LogP) is 1.83. The van der Waals surface area contributed by atoms with Crippen LogP contribution in [-0.4, -0.2) is 33.7 Å². The minimum atomic E-state index is -0.00843. The van der Waals surface area contributed by atoms with Crippen LogP contribution in [0.2, 0.25) is 0 Å². The number of aromatic nitrogens is 2. The Morgan fingerprint density at radius 3 is 2.22 bits per heavy atom.